The minimum Gasteiger partial charge on any atom is -0.455 e. The highest BCUT2D eigenvalue weighted by Crippen LogP contribution is 2.42. The van der Waals surface area contributed by atoms with Crippen LogP contribution in [0.1, 0.15) is 0 Å². The van der Waals surface area contributed by atoms with Crippen molar-refractivity contribution in [3.8, 4) is 21.8 Å². The van der Waals surface area contributed by atoms with Crippen LogP contribution in [0.5, 0.6) is 0 Å². The Morgan fingerprint density at radius 1 is 0.750 bits per heavy atom. The van der Waals surface area contributed by atoms with Gasteiger partial charge in [0.1, 0.15) is 11.3 Å². The summed E-state index contributed by atoms with van der Waals surface area (Å²) in [5.41, 5.74) is 3.25. The Morgan fingerprint density at radius 2 is 1.55 bits per heavy atom. The van der Waals surface area contributed by atoms with E-state index in [1.165, 1.54) is 15.8 Å². The summed E-state index contributed by atoms with van der Waals surface area (Å²) in [7, 11) is 0. The molecule has 0 amide bonds. The molecule has 2 heteroatoms. The van der Waals surface area contributed by atoms with Crippen molar-refractivity contribution in [1.29, 1.82) is 0 Å². The number of thiophene rings is 1. The van der Waals surface area contributed by atoms with E-state index in [0.29, 0.717) is 0 Å². The average Bonchev–Trinajstić information content (AvgIpc) is 3.14. The molecule has 0 radical (unpaired) electrons. The van der Waals surface area contributed by atoms with E-state index in [1.807, 2.05) is 30.3 Å². The van der Waals surface area contributed by atoms with Crippen LogP contribution in [0.15, 0.2) is 76.5 Å². The maximum atomic E-state index is 6.12. The zero-order valence-electron chi connectivity index (χ0n) is 10.7. The standard InChI is InChI=1S/C18H12OS/c1-2-7-13(8-3-1)18-17(16-11-6-12-20-16)14-9-4-5-10-15(14)19-18/h1-12H. The first kappa shape index (κ1) is 11.5. The number of fused-ring (bicyclic) bond motifs is 1. The van der Waals surface area contributed by atoms with Gasteiger partial charge < -0.3 is 4.42 Å². The van der Waals surface area contributed by atoms with E-state index in [1.54, 1.807) is 11.3 Å². The van der Waals surface area contributed by atoms with Crippen molar-refractivity contribution in [3.05, 3.63) is 72.1 Å². The number of rotatable bonds is 2. The molecule has 0 unspecified atom stereocenters. The SMILES string of the molecule is c1ccc(-c2oc3ccccc3c2-c2cccs2)cc1. The summed E-state index contributed by atoms with van der Waals surface area (Å²) in [6, 6.07) is 22.7. The Morgan fingerprint density at radius 3 is 2.35 bits per heavy atom. The number of furan rings is 1. The minimum atomic E-state index is 0.940. The summed E-state index contributed by atoms with van der Waals surface area (Å²) >= 11 is 1.74. The summed E-state index contributed by atoms with van der Waals surface area (Å²) in [5, 5.41) is 3.28. The molecule has 96 valence electrons. The van der Waals surface area contributed by atoms with Crippen molar-refractivity contribution < 1.29 is 4.42 Å². The van der Waals surface area contributed by atoms with Crippen LogP contribution in [-0.4, -0.2) is 0 Å². The quantitative estimate of drug-likeness (QED) is 0.449. The third kappa shape index (κ3) is 1.77. The average molecular weight is 276 g/mol. The molecule has 4 aromatic rings. The lowest BCUT2D eigenvalue weighted by molar-refractivity contribution is 0.632. The van der Waals surface area contributed by atoms with Crippen LogP contribution in [0.4, 0.5) is 0 Å². The highest BCUT2D eigenvalue weighted by atomic mass is 32.1. The first-order valence-electron chi connectivity index (χ1n) is 6.54. The second kappa shape index (κ2) is 4.66. The predicted molar refractivity (Wildman–Crippen MR) is 85.0 cm³/mol. The Hall–Kier alpha value is -2.32. The molecule has 0 saturated heterocycles. The molecule has 0 aliphatic heterocycles. The Kier molecular flexibility index (Phi) is 2.68. The molecular weight excluding hydrogens is 264 g/mol. The fourth-order valence-electron chi connectivity index (χ4n) is 2.50. The van der Waals surface area contributed by atoms with E-state index in [-0.39, 0.29) is 0 Å². The lowest BCUT2D eigenvalue weighted by atomic mass is 10.0. The van der Waals surface area contributed by atoms with Crippen molar-refractivity contribution in [2.75, 3.05) is 0 Å². The molecule has 2 aromatic carbocycles. The third-order valence-electron chi connectivity index (χ3n) is 3.40. The van der Waals surface area contributed by atoms with Gasteiger partial charge in [-0.2, -0.15) is 0 Å². The molecule has 1 nitrogen and oxygen atoms in total. The van der Waals surface area contributed by atoms with E-state index >= 15 is 0 Å². The Labute approximate surface area is 121 Å². The Balaban J connectivity index is 2.08. The number of hydrogen-bond acceptors (Lipinski definition) is 2. The second-order valence-corrected chi connectivity index (χ2v) is 5.59. The normalized spacial score (nSPS) is 11.0. The lowest BCUT2D eigenvalue weighted by Crippen LogP contribution is -1.77. The first-order chi connectivity index (χ1) is 9.93. The molecule has 2 aromatic heterocycles. The summed E-state index contributed by atoms with van der Waals surface area (Å²) in [5.74, 6) is 0.953. The molecule has 0 spiro atoms. The van der Waals surface area contributed by atoms with Crippen molar-refractivity contribution in [1.82, 2.24) is 0 Å². The van der Waals surface area contributed by atoms with Gasteiger partial charge in [0.05, 0.1) is 0 Å². The second-order valence-electron chi connectivity index (χ2n) is 4.65. The molecule has 4 rings (SSSR count). The maximum absolute atomic E-state index is 6.12. The van der Waals surface area contributed by atoms with Gasteiger partial charge in [0.2, 0.25) is 0 Å². The summed E-state index contributed by atoms with van der Waals surface area (Å²) in [4.78, 5) is 1.24. The molecule has 0 aliphatic carbocycles. The maximum Gasteiger partial charge on any atom is 0.144 e. The fourth-order valence-corrected chi connectivity index (χ4v) is 3.29. The molecular formula is C18H12OS. The van der Waals surface area contributed by atoms with E-state index in [9.17, 15) is 0 Å². The van der Waals surface area contributed by atoms with Crippen LogP contribution in [0, 0.1) is 0 Å². The molecule has 0 atom stereocenters. The number of benzene rings is 2. The van der Waals surface area contributed by atoms with Gasteiger partial charge >= 0.3 is 0 Å². The largest absolute Gasteiger partial charge is 0.455 e. The van der Waals surface area contributed by atoms with Crippen molar-refractivity contribution in [3.63, 3.8) is 0 Å². The minimum absolute atomic E-state index is 0.940. The highest BCUT2D eigenvalue weighted by Gasteiger charge is 2.17. The molecule has 0 saturated carbocycles. The first-order valence-corrected chi connectivity index (χ1v) is 7.42. The van der Waals surface area contributed by atoms with E-state index in [4.69, 9.17) is 4.42 Å². The summed E-state index contributed by atoms with van der Waals surface area (Å²) in [6.45, 7) is 0. The molecule has 0 bridgehead atoms. The van der Waals surface area contributed by atoms with Gasteiger partial charge in [0.25, 0.3) is 0 Å². The molecule has 0 fully saturated rings. The monoisotopic (exact) mass is 276 g/mol. The van der Waals surface area contributed by atoms with Crippen LogP contribution >= 0.6 is 11.3 Å². The van der Waals surface area contributed by atoms with Crippen LogP contribution in [0.3, 0.4) is 0 Å². The van der Waals surface area contributed by atoms with Crippen LogP contribution in [0.25, 0.3) is 32.7 Å². The van der Waals surface area contributed by atoms with Gasteiger partial charge in [-0.3, -0.25) is 0 Å². The molecule has 20 heavy (non-hydrogen) atoms. The number of para-hydroxylation sites is 1. The zero-order chi connectivity index (χ0) is 13.4. The topological polar surface area (TPSA) is 13.1 Å². The smallest absolute Gasteiger partial charge is 0.144 e. The lowest BCUT2D eigenvalue weighted by Gasteiger charge is -2.00. The van der Waals surface area contributed by atoms with Crippen molar-refractivity contribution in [2.45, 2.75) is 0 Å². The van der Waals surface area contributed by atoms with E-state index in [2.05, 4.69) is 41.8 Å². The molecule has 0 aliphatic rings. The van der Waals surface area contributed by atoms with Crippen LogP contribution < -0.4 is 0 Å². The predicted octanol–water partition coefficient (Wildman–Crippen LogP) is 5.83. The molecule has 2 heterocycles. The van der Waals surface area contributed by atoms with Gasteiger partial charge in [-0.1, -0.05) is 54.6 Å². The molecule has 0 N–H and O–H groups in total. The van der Waals surface area contributed by atoms with Crippen LogP contribution in [0.2, 0.25) is 0 Å². The van der Waals surface area contributed by atoms with Crippen molar-refractivity contribution in [2.24, 2.45) is 0 Å². The zero-order valence-corrected chi connectivity index (χ0v) is 11.6. The van der Waals surface area contributed by atoms with Gasteiger partial charge in [0, 0.05) is 21.4 Å². The third-order valence-corrected chi connectivity index (χ3v) is 4.29. The highest BCUT2D eigenvalue weighted by molar-refractivity contribution is 7.13. The van der Waals surface area contributed by atoms with E-state index < -0.39 is 0 Å². The fraction of sp³-hybridized carbons (Fsp3) is 0. The summed E-state index contributed by atoms with van der Waals surface area (Å²) < 4.78 is 6.12. The summed E-state index contributed by atoms with van der Waals surface area (Å²) in [6.07, 6.45) is 0. The number of hydrogen-bond donors (Lipinski definition) is 0. The van der Waals surface area contributed by atoms with E-state index in [0.717, 1.165) is 16.9 Å². The Bertz CT molecular complexity index is 842. The van der Waals surface area contributed by atoms with Gasteiger partial charge in [-0.15, -0.1) is 11.3 Å². The van der Waals surface area contributed by atoms with Gasteiger partial charge in [-0.05, 0) is 17.5 Å². The van der Waals surface area contributed by atoms with Crippen LogP contribution in [-0.2, 0) is 0 Å². The van der Waals surface area contributed by atoms with Crippen molar-refractivity contribution >= 4 is 22.3 Å². The van der Waals surface area contributed by atoms with Gasteiger partial charge in [-0.25, -0.2) is 0 Å². The van der Waals surface area contributed by atoms with Gasteiger partial charge in [0.15, 0.2) is 0 Å².